The van der Waals surface area contributed by atoms with Crippen LogP contribution in [0.1, 0.15) is 13.8 Å². The first-order valence-electron chi connectivity index (χ1n) is 1.67. The van der Waals surface area contributed by atoms with E-state index < -0.39 is 0 Å². The van der Waals surface area contributed by atoms with Crippen LogP contribution in [0.5, 0.6) is 0 Å². The molecule has 0 aliphatic carbocycles. The van der Waals surface area contributed by atoms with Gasteiger partial charge in [-0.25, -0.2) is 0 Å². The second kappa shape index (κ2) is 2.18. The van der Waals surface area contributed by atoms with Gasteiger partial charge < -0.3 is 0 Å². The predicted molar refractivity (Wildman–Crippen MR) is 21.5 cm³/mol. The summed E-state index contributed by atoms with van der Waals surface area (Å²) in [5.41, 5.74) is 3.39. The fourth-order valence-corrected chi connectivity index (χ4v) is 0. The molecule has 0 aromatic rings. The largest absolute Gasteiger partial charge is 0.253 e. The third-order valence-corrected chi connectivity index (χ3v) is 0.298. The Bertz CT molecular complexity index is 18.9. The molecule has 0 aromatic carbocycles. The van der Waals surface area contributed by atoms with Crippen LogP contribution in [0.15, 0.2) is 0 Å². The Morgan fingerprint density at radius 2 is 1.80 bits per heavy atom. The molecule has 0 aliphatic heterocycles. The summed E-state index contributed by atoms with van der Waals surface area (Å²) in [6.45, 7) is 3.86. The SMILES string of the molecule is CC(C)[N]N. The van der Waals surface area contributed by atoms with Gasteiger partial charge in [0.1, 0.15) is 0 Å². The van der Waals surface area contributed by atoms with Gasteiger partial charge in [-0.3, -0.25) is 5.84 Å². The molecule has 0 aromatic heterocycles. The van der Waals surface area contributed by atoms with E-state index in [1.165, 1.54) is 0 Å². The summed E-state index contributed by atoms with van der Waals surface area (Å²) in [6, 6.07) is 0.287. The Balaban J connectivity index is 2.54. The van der Waals surface area contributed by atoms with E-state index in [0.29, 0.717) is 0 Å². The summed E-state index contributed by atoms with van der Waals surface area (Å²) in [5, 5.41) is 0. The lowest BCUT2D eigenvalue weighted by Gasteiger charge is -1.91. The number of nitrogens with zero attached hydrogens (tertiary/aromatic N) is 1. The molecule has 0 saturated heterocycles. The first-order valence-corrected chi connectivity index (χ1v) is 1.67. The van der Waals surface area contributed by atoms with Crippen LogP contribution in [0.3, 0.4) is 0 Å². The van der Waals surface area contributed by atoms with Crippen molar-refractivity contribution in [1.82, 2.24) is 5.43 Å². The molecule has 0 bridgehead atoms. The van der Waals surface area contributed by atoms with E-state index in [1.54, 1.807) is 0 Å². The fraction of sp³-hybridized carbons (Fsp3) is 1.00. The van der Waals surface area contributed by atoms with Crippen LogP contribution in [0.25, 0.3) is 0 Å². The standard InChI is InChI=1S/C3H9N2/c1-3(2)5-4/h3H,4H2,1-2H3. The Morgan fingerprint density at radius 3 is 1.80 bits per heavy atom. The third kappa shape index (κ3) is 3.92. The molecule has 2 N–H and O–H groups in total. The zero-order chi connectivity index (χ0) is 4.28. The second-order valence-electron chi connectivity index (χ2n) is 1.24. The van der Waals surface area contributed by atoms with E-state index in [-0.39, 0.29) is 6.04 Å². The van der Waals surface area contributed by atoms with Crippen molar-refractivity contribution < 1.29 is 0 Å². The number of hydrogen-bond donors (Lipinski definition) is 1. The minimum Gasteiger partial charge on any atom is -0.253 e. The summed E-state index contributed by atoms with van der Waals surface area (Å²) in [5.74, 6) is 4.80. The number of hydrogen-bond acceptors (Lipinski definition) is 1. The van der Waals surface area contributed by atoms with Crippen LogP contribution < -0.4 is 11.3 Å². The normalized spacial score (nSPS) is 9.60. The molecule has 0 amide bonds. The molecule has 0 spiro atoms. The van der Waals surface area contributed by atoms with Crippen LogP contribution in [-0.2, 0) is 0 Å². The van der Waals surface area contributed by atoms with Gasteiger partial charge in [0, 0.05) is 6.04 Å². The van der Waals surface area contributed by atoms with E-state index in [9.17, 15) is 0 Å². The van der Waals surface area contributed by atoms with Crippen LogP contribution in [0, 0.1) is 0 Å². The van der Waals surface area contributed by atoms with Crippen molar-refractivity contribution in [1.29, 1.82) is 0 Å². The molecule has 1 radical (unpaired) electrons. The maximum atomic E-state index is 4.80. The van der Waals surface area contributed by atoms with Crippen molar-refractivity contribution in [2.45, 2.75) is 19.9 Å². The van der Waals surface area contributed by atoms with Crippen LogP contribution in [-0.4, -0.2) is 6.04 Å². The Morgan fingerprint density at radius 1 is 1.60 bits per heavy atom. The molecule has 31 valence electrons. The molecule has 0 rings (SSSR count). The minimum atomic E-state index is 0.287. The van der Waals surface area contributed by atoms with Crippen molar-refractivity contribution >= 4 is 0 Å². The fourth-order valence-electron chi connectivity index (χ4n) is 0. The Kier molecular flexibility index (Phi) is 2.14. The molecule has 0 aliphatic rings. The van der Waals surface area contributed by atoms with E-state index in [4.69, 9.17) is 5.84 Å². The zero-order valence-electron chi connectivity index (χ0n) is 3.60. The number of nitrogens with two attached hydrogens (primary N) is 1. The van der Waals surface area contributed by atoms with Gasteiger partial charge in [0.15, 0.2) is 0 Å². The van der Waals surface area contributed by atoms with Gasteiger partial charge in [-0.1, -0.05) is 0 Å². The van der Waals surface area contributed by atoms with Gasteiger partial charge in [-0.2, -0.15) is 5.43 Å². The summed E-state index contributed by atoms with van der Waals surface area (Å²) in [6.07, 6.45) is 0. The summed E-state index contributed by atoms with van der Waals surface area (Å²) >= 11 is 0. The highest BCUT2D eigenvalue weighted by Gasteiger charge is 1.80. The van der Waals surface area contributed by atoms with Gasteiger partial charge >= 0.3 is 0 Å². The van der Waals surface area contributed by atoms with E-state index in [1.807, 2.05) is 13.8 Å². The smallest absolute Gasteiger partial charge is 0.0357 e. The number of rotatable bonds is 1. The molecule has 0 saturated carbocycles. The molecular formula is C3H9N2. The predicted octanol–water partition coefficient (Wildman–Crippen LogP) is -0.127. The molecule has 5 heavy (non-hydrogen) atoms. The quantitative estimate of drug-likeness (QED) is 0.341. The van der Waals surface area contributed by atoms with Crippen LogP contribution >= 0.6 is 0 Å². The lowest BCUT2D eigenvalue weighted by Crippen LogP contribution is -2.20. The van der Waals surface area contributed by atoms with Crippen LogP contribution in [0.2, 0.25) is 0 Å². The molecule has 0 atom stereocenters. The first kappa shape index (κ1) is 4.92. The monoisotopic (exact) mass is 73.1 g/mol. The van der Waals surface area contributed by atoms with Gasteiger partial charge in [0.25, 0.3) is 0 Å². The topological polar surface area (TPSA) is 40.1 Å². The highest BCUT2D eigenvalue weighted by molar-refractivity contribution is 4.37. The molecule has 2 nitrogen and oxygen atoms in total. The zero-order valence-corrected chi connectivity index (χ0v) is 3.60. The maximum absolute atomic E-state index is 4.80. The third-order valence-electron chi connectivity index (χ3n) is 0.298. The second-order valence-corrected chi connectivity index (χ2v) is 1.24. The van der Waals surface area contributed by atoms with Crippen molar-refractivity contribution in [2.75, 3.05) is 0 Å². The summed E-state index contributed by atoms with van der Waals surface area (Å²) in [7, 11) is 0. The van der Waals surface area contributed by atoms with Crippen molar-refractivity contribution in [3.05, 3.63) is 0 Å². The van der Waals surface area contributed by atoms with Gasteiger partial charge in [0.2, 0.25) is 0 Å². The highest BCUT2D eigenvalue weighted by Crippen LogP contribution is 1.67. The minimum absolute atomic E-state index is 0.287. The van der Waals surface area contributed by atoms with Gasteiger partial charge in [0.05, 0.1) is 0 Å². The van der Waals surface area contributed by atoms with E-state index in [0.717, 1.165) is 0 Å². The average molecular weight is 73.1 g/mol. The molecule has 0 fully saturated rings. The van der Waals surface area contributed by atoms with Crippen LogP contribution in [0.4, 0.5) is 0 Å². The Labute approximate surface area is 32.3 Å². The van der Waals surface area contributed by atoms with Crippen molar-refractivity contribution in [3.8, 4) is 0 Å². The van der Waals surface area contributed by atoms with Gasteiger partial charge in [-0.15, -0.1) is 0 Å². The van der Waals surface area contributed by atoms with Crippen molar-refractivity contribution in [2.24, 2.45) is 5.84 Å². The van der Waals surface area contributed by atoms with Gasteiger partial charge in [-0.05, 0) is 13.8 Å². The van der Waals surface area contributed by atoms with Crippen molar-refractivity contribution in [3.63, 3.8) is 0 Å². The molecule has 2 heteroatoms. The molecule has 0 unspecified atom stereocenters. The first-order chi connectivity index (χ1) is 2.27. The lowest BCUT2D eigenvalue weighted by atomic mass is 10.4. The lowest BCUT2D eigenvalue weighted by molar-refractivity contribution is 0.603. The highest BCUT2D eigenvalue weighted by atomic mass is 15.2. The summed E-state index contributed by atoms with van der Waals surface area (Å²) < 4.78 is 0. The maximum Gasteiger partial charge on any atom is 0.0357 e. The van der Waals surface area contributed by atoms with E-state index in [2.05, 4.69) is 5.43 Å². The Hall–Kier alpha value is -0.0800. The molecular weight excluding hydrogens is 64.0 g/mol. The summed E-state index contributed by atoms with van der Waals surface area (Å²) in [4.78, 5) is 0. The van der Waals surface area contributed by atoms with E-state index >= 15 is 0 Å². The molecule has 0 heterocycles. The average Bonchev–Trinajstić information content (AvgIpc) is 1.38.